The summed E-state index contributed by atoms with van der Waals surface area (Å²) in [5.41, 5.74) is -0.0412. The number of halogens is 3. The quantitative estimate of drug-likeness (QED) is 0.661. The van der Waals surface area contributed by atoms with Gasteiger partial charge in [-0.3, -0.25) is 0 Å². The molecule has 1 N–H and O–H groups in total. The van der Waals surface area contributed by atoms with Gasteiger partial charge in [-0.2, -0.15) is 0 Å². The van der Waals surface area contributed by atoms with Gasteiger partial charge in [-0.25, -0.2) is 8.78 Å². The molecule has 0 heterocycles. The van der Waals surface area contributed by atoms with E-state index < -0.39 is 11.6 Å². The molecule has 0 saturated heterocycles. The number of likely N-dealkylation sites (N-methyl/N-ethyl adjacent to an activating group) is 1. The van der Waals surface area contributed by atoms with Crippen molar-refractivity contribution in [3.63, 3.8) is 0 Å². The number of hydrogen-bond donors (Lipinski definition) is 1. The van der Waals surface area contributed by atoms with Crippen LogP contribution in [-0.2, 0) is 11.3 Å². The van der Waals surface area contributed by atoms with Crippen LogP contribution in [0.3, 0.4) is 0 Å². The zero-order chi connectivity index (χ0) is 11.3. The van der Waals surface area contributed by atoms with E-state index in [0.717, 1.165) is 0 Å². The molecule has 0 aliphatic heterocycles. The van der Waals surface area contributed by atoms with Crippen LogP contribution >= 0.6 is 15.9 Å². The summed E-state index contributed by atoms with van der Waals surface area (Å²) in [6.45, 7) is 1.01. The molecule has 1 aromatic carbocycles. The molecular weight excluding hydrogens is 268 g/mol. The number of nitrogens with one attached hydrogen (secondary N) is 1. The summed E-state index contributed by atoms with van der Waals surface area (Å²) in [6.07, 6.45) is 0. The lowest BCUT2D eigenvalue weighted by Gasteiger charge is -2.07. The van der Waals surface area contributed by atoms with E-state index in [-0.39, 0.29) is 16.6 Å². The van der Waals surface area contributed by atoms with Crippen molar-refractivity contribution in [3.8, 4) is 0 Å². The predicted octanol–water partition coefficient (Wildman–Crippen LogP) is 2.46. The summed E-state index contributed by atoms with van der Waals surface area (Å²) in [4.78, 5) is 0. The lowest BCUT2D eigenvalue weighted by Crippen LogP contribution is -2.14. The van der Waals surface area contributed by atoms with E-state index in [2.05, 4.69) is 21.2 Å². The SMILES string of the molecule is CNCCOCc1c(F)ccc(Br)c1F. The second kappa shape index (κ2) is 6.15. The highest BCUT2D eigenvalue weighted by atomic mass is 79.9. The maximum Gasteiger partial charge on any atom is 0.145 e. The molecule has 0 spiro atoms. The Bertz CT molecular complexity index is 333. The normalized spacial score (nSPS) is 10.7. The van der Waals surface area contributed by atoms with Gasteiger partial charge in [0, 0.05) is 6.54 Å². The maximum absolute atomic E-state index is 13.4. The molecular formula is C10H12BrF2NO. The van der Waals surface area contributed by atoms with Crippen LogP contribution in [0.15, 0.2) is 16.6 Å². The third kappa shape index (κ3) is 3.52. The molecule has 1 rings (SSSR count). The molecule has 0 aromatic heterocycles. The summed E-state index contributed by atoms with van der Waals surface area (Å²) < 4.78 is 31.9. The number of ether oxygens (including phenoxy) is 1. The van der Waals surface area contributed by atoms with Gasteiger partial charge in [0.15, 0.2) is 0 Å². The third-order valence-corrected chi connectivity index (χ3v) is 2.49. The lowest BCUT2D eigenvalue weighted by molar-refractivity contribution is 0.119. The molecule has 0 radical (unpaired) electrons. The van der Waals surface area contributed by atoms with E-state index >= 15 is 0 Å². The Labute approximate surface area is 95.8 Å². The first-order valence-corrected chi connectivity index (χ1v) is 5.31. The van der Waals surface area contributed by atoms with Crippen LogP contribution in [0.25, 0.3) is 0 Å². The summed E-state index contributed by atoms with van der Waals surface area (Å²) in [7, 11) is 1.78. The Hall–Kier alpha value is -0.520. The molecule has 2 nitrogen and oxygen atoms in total. The second-order valence-electron chi connectivity index (χ2n) is 2.98. The van der Waals surface area contributed by atoms with Crippen LogP contribution in [0.1, 0.15) is 5.56 Å². The first-order valence-electron chi connectivity index (χ1n) is 4.51. The molecule has 0 saturated carbocycles. The molecule has 0 fully saturated rings. The van der Waals surface area contributed by atoms with Gasteiger partial charge in [-0.15, -0.1) is 0 Å². The molecule has 0 bridgehead atoms. The smallest absolute Gasteiger partial charge is 0.145 e. The zero-order valence-electron chi connectivity index (χ0n) is 8.32. The molecule has 84 valence electrons. The molecule has 0 unspecified atom stereocenters. The van der Waals surface area contributed by atoms with Crippen LogP contribution in [-0.4, -0.2) is 20.2 Å². The summed E-state index contributed by atoms with van der Waals surface area (Å²) >= 11 is 2.99. The summed E-state index contributed by atoms with van der Waals surface area (Å²) in [5, 5.41) is 2.87. The average Bonchev–Trinajstić information content (AvgIpc) is 2.23. The Kier molecular flexibility index (Phi) is 5.14. The van der Waals surface area contributed by atoms with Crippen molar-refractivity contribution < 1.29 is 13.5 Å². The number of benzene rings is 1. The van der Waals surface area contributed by atoms with Crippen LogP contribution in [0.2, 0.25) is 0 Å². The minimum atomic E-state index is -0.598. The highest BCUT2D eigenvalue weighted by molar-refractivity contribution is 9.10. The van der Waals surface area contributed by atoms with Gasteiger partial charge >= 0.3 is 0 Å². The van der Waals surface area contributed by atoms with Crippen molar-refractivity contribution in [1.82, 2.24) is 5.32 Å². The molecule has 0 amide bonds. The molecule has 0 atom stereocenters. The second-order valence-corrected chi connectivity index (χ2v) is 3.83. The van der Waals surface area contributed by atoms with Crippen molar-refractivity contribution in [1.29, 1.82) is 0 Å². The topological polar surface area (TPSA) is 21.3 Å². The Morgan fingerprint density at radius 1 is 1.40 bits per heavy atom. The minimum Gasteiger partial charge on any atom is -0.375 e. The van der Waals surface area contributed by atoms with Gasteiger partial charge in [0.1, 0.15) is 11.6 Å². The van der Waals surface area contributed by atoms with Crippen molar-refractivity contribution in [2.75, 3.05) is 20.2 Å². The molecule has 0 aliphatic carbocycles. The van der Waals surface area contributed by atoms with E-state index in [9.17, 15) is 8.78 Å². The summed E-state index contributed by atoms with van der Waals surface area (Å²) in [5.74, 6) is -1.18. The molecule has 5 heteroatoms. The predicted molar refractivity (Wildman–Crippen MR) is 57.6 cm³/mol. The fraction of sp³-hybridized carbons (Fsp3) is 0.400. The third-order valence-electron chi connectivity index (χ3n) is 1.88. The maximum atomic E-state index is 13.4. The Morgan fingerprint density at radius 2 is 2.13 bits per heavy atom. The van der Waals surface area contributed by atoms with Crippen molar-refractivity contribution in [2.24, 2.45) is 0 Å². The van der Waals surface area contributed by atoms with Gasteiger partial charge in [0.25, 0.3) is 0 Å². The van der Waals surface area contributed by atoms with Crippen molar-refractivity contribution >= 4 is 15.9 Å². The average molecular weight is 280 g/mol. The lowest BCUT2D eigenvalue weighted by atomic mass is 10.2. The fourth-order valence-electron chi connectivity index (χ4n) is 1.05. The first-order chi connectivity index (χ1) is 7.16. The van der Waals surface area contributed by atoms with Gasteiger partial charge in [0.05, 0.1) is 23.2 Å². The van der Waals surface area contributed by atoms with E-state index in [1.165, 1.54) is 12.1 Å². The highest BCUT2D eigenvalue weighted by Crippen LogP contribution is 2.22. The van der Waals surface area contributed by atoms with E-state index in [0.29, 0.717) is 13.2 Å². The van der Waals surface area contributed by atoms with E-state index in [4.69, 9.17) is 4.74 Å². The van der Waals surface area contributed by atoms with Crippen molar-refractivity contribution in [2.45, 2.75) is 6.61 Å². The minimum absolute atomic E-state index is 0.0412. The first kappa shape index (κ1) is 12.5. The molecule has 1 aromatic rings. The van der Waals surface area contributed by atoms with Crippen LogP contribution in [0, 0.1) is 11.6 Å². The van der Waals surface area contributed by atoms with Crippen molar-refractivity contribution in [3.05, 3.63) is 33.8 Å². The van der Waals surface area contributed by atoms with Crippen LogP contribution in [0.5, 0.6) is 0 Å². The van der Waals surface area contributed by atoms with Crippen LogP contribution < -0.4 is 5.32 Å². The van der Waals surface area contributed by atoms with E-state index in [1.54, 1.807) is 7.05 Å². The standard InChI is InChI=1S/C10H12BrF2NO/c1-14-4-5-15-6-7-9(12)3-2-8(11)10(7)13/h2-3,14H,4-6H2,1H3. The van der Waals surface area contributed by atoms with Gasteiger partial charge in [-0.1, -0.05) is 0 Å². The fourth-order valence-corrected chi connectivity index (χ4v) is 1.42. The molecule has 0 aliphatic rings. The Balaban J connectivity index is 2.63. The number of hydrogen-bond acceptors (Lipinski definition) is 2. The van der Waals surface area contributed by atoms with Gasteiger partial charge in [0.2, 0.25) is 0 Å². The highest BCUT2D eigenvalue weighted by Gasteiger charge is 2.11. The number of rotatable bonds is 5. The Morgan fingerprint density at radius 3 is 2.80 bits per heavy atom. The van der Waals surface area contributed by atoms with Gasteiger partial charge < -0.3 is 10.1 Å². The zero-order valence-corrected chi connectivity index (χ0v) is 9.90. The summed E-state index contributed by atoms with van der Waals surface area (Å²) in [6, 6.07) is 2.55. The largest absolute Gasteiger partial charge is 0.375 e. The molecule has 15 heavy (non-hydrogen) atoms. The monoisotopic (exact) mass is 279 g/mol. The van der Waals surface area contributed by atoms with Gasteiger partial charge in [-0.05, 0) is 35.1 Å². The van der Waals surface area contributed by atoms with E-state index in [1.807, 2.05) is 0 Å². The van der Waals surface area contributed by atoms with Crippen LogP contribution in [0.4, 0.5) is 8.78 Å².